The van der Waals surface area contributed by atoms with Gasteiger partial charge in [-0.2, -0.15) is 0 Å². The van der Waals surface area contributed by atoms with Gasteiger partial charge in [0.15, 0.2) is 0 Å². The molecule has 1 N–H and O–H groups in total. The Kier molecular flexibility index (Phi) is 1.80. The van der Waals surface area contributed by atoms with Crippen molar-refractivity contribution in [3.63, 3.8) is 0 Å². The molecule has 1 saturated carbocycles. The number of hydrogen-bond acceptors (Lipinski definition) is 2. The van der Waals surface area contributed by atoms with Gasteiger partial charge in [-0.1, -0.05) is 0 Å². The van der Waals surface area contributed by atoms with Crippen LogP contribution in [0.15, 0.2) is 18.2 Å². The summed E-state index contributed by atoms with van der Waals surface area (Å²) in [6, 6.07) is 4.78. The van der Waals surface area contributed by atoms with E-state index in [1.807, 2.05) is 0 Å². The SMILES string of the molecule is COc1ccc(F)cc1[C@@]12C[C@@H]1CCN2. The average molecular weight is 207 g/mol. The highest BCUT2D eigenvalue weighted by Crippen LogP contribution is 2.59. The molecular weight excluding hydrogens is 193 g/mol. The molecule has 1 heterocycles. The van der Waals surface area contributed by atoms with Crippen LogP contribution in [0, 0.1) is 11.7 Å². The molecule has 0 radical (unpaired) electrons. The van der Waals surface area contributed by atoms with Crippen molar-refractivity contribution in [2.45, 2.75) is 18.4 Å². The Morgan fingerprint density at radius 1 is 1.53 bits per heavy atom. The first-order valence-corrected chi connectivity index (χ1v) is 5.35. The third kappa shape index (κ3) is 1.19. The van der Waals surface area contributed by atoms with Gasteiger partial charge in [-0.25, -0.2) is 4.39 Å². The lowest BCUT2D eigenvalue weighted by atomic mass is 10.0. The molecule has 2 atom stereocenters. The van der Waals surface area contributed by atoms with E-state index in [0.29, 0.717) is 5.92 Å². The lowest BCUT2D eigenvalue weighted by molar-refractivity contribution is 0.397. The highest BCUT2D eigenvalue weighted by atomic mass is 19.1. The minimum absolute atomic E-state index is 0.0213. The van der Waals surface area contributed by atoms with Crippen LogP contribution in [0.4, 0.5) is 4.39 Å². The molecule has 1 aromatic rings. The average Bonchev–Trinajstić information content (AvgIpc) is 2.82. The van der Waals surface area contributed by atoms with Crippen molar-refractivity contribution in [1.29, 1.82) is 0 Å². The summed E-state index contributed by atoms with van der Waals surface area (Å²) in [5, 5.41) is 3.48. The molecule has 3 heteroatoms. The van der Waals surface area contributed by atoms with Crippen LogP contribution in [-0.2, 0) is 5.54 Å². The van der Waals surface area contributed by atoms with Crippen molar-refractivity contribution in [3.8, 4) is 5.75 Å². The summed E-state index contributed by atoms with van der Waals surface area (Å²) in [4.78, 5) is 0. The van der Waals surface area contributed by atoms with Crippen molar-refractivity contribution in [2.24, 2.45) is 5.92 Å². The number of ether oxygens (including phenoxy) is 1. The molecule has 2 aliphatic rings. The van der Waals surface area contributed by atoms with Crippen LogP contribution in [0.25, 0.3) is 0 Å². The topological polar surface area (TPSA) is 21.3 Å². The Morgan fingerprint density at radius 3 is 3.00 bits per heavy atom. The van der Waals surface area contributed by atoms with Crippen LogP contribution in [-0.4, -0.2) is 13.7 Å². The highest BCUT2D eigenvalue weighted by molar-refractivity contribution is 5.45. The van der Waals surface area contributed by atoms with Gasteiger partial charge in [0.25, 0.3) is 0 Å². The molecule has 0 spiro atoms. The summed E-state index contributed by atoms with van der Waals surface area (Å²) in [5.74, 6) is 1.29. The zero-order valence-electron chi connectivity index (χ0n) is 8.72. The van der Waals surface area contributed by atoms with Crippen molar-refractivity contribution in [1.82, 2.24) is 5.32 Å². The maximum absolute atomic E-state index is 13.2. The van der Waals surface area contributed by atoms with Gasteiger partial charge in [0.05, 0.1) is 12.6 Å². The van der Waals surface area contributed by atoms with Crippen molar-refractivity contribution in [3.05, 3.63) is 29.6 Å². The summed E-state index contributed by atoms with van der Waals surface area (Å²) in [5.41, 5.74) is 1.01. The summed E-state index contributed by atoms with van der Waals surface area (Å²) in [6.07, 6.45) is 2.31. The Hall–Kier alpha value is -1.09. The second kappa shape index (κ2) is 2.95. The van der Waals surface area contributed by atoms with E-state index in [-0.39, 0.29) is 11.4 Å². The van der Waals surface area contributed by atoms with Crippen LogP contribution in [0.2, 0.25) is 0 Å². The maximum Gasteiger partial charge on any atom is 0.124 e. The van der Waals surface area contributed by atoms with Crippen LogP contribution >= 0.6 is 0 Å². The van der Waals surface area contributed by atoms with Gasteiger partial charge in [-0.05, 0) is 43.5 Å². The monoisotopic (exact) mass is 207 g/mol. The lowest BCUT2D eigenvalue weighted by Gasteiger charge is -2.17. The molecular formula is C12H14FNO. The first-order chi connectivity index (χ1) is 7.26. The van der Waals surface area contributed by atoms with E-state index in [1.54, 1.807) is 19.2 Å². The Bertz CT molecular complexity index is 407. The van der Waals surface area contributed by atoms with Crippen molar-refractivity contribution in [2.75, 3.05) is 13.7 Å². The van der Waals surface area contributed by atoms with E-state index in [4.69, 9.17) is 4.74 Å². The molecule has 0 amide bonds. The molecule has 3 rings (SSSR count). The van der Waals surface area contributed by atoms with E-state index in [1.165, 1.54) is 12.5 Å². The van der Waals surface area contributed by atoms with Gasteiger partial charge in [-0.15, -0.1) is 0 Å². The Balaban J connectivity index is 2.07. The fourth-order valence-corrected chi connectivity index (χ4v) is 2.82. The standard InChI is InChI=1S/C12H14FNO/c1-15-11-3-2-9(13)6-10(11)12-7-8(12)4-5-14-12/h2-3,6,8,14H,4-5,7H2,1H3/t8-,12+/m0/s1. The summed E-state index contributed by atoms with van der Waals surface area (Å²) in [6.45, 7) is 1.03. The number of hydrogen-bond donors (Lipinski definition) is 1. The Labute approximate surface area is 88.4 Å². The molecule has 1 aliphatic carbocycles. The Morgan fingerprint density at radius 2 is 2.40 bits per heavy atom. The number of halogens is 1. The van der Waals surface area contributed by atoms with Crippen LogP contribution in [0.3, 0.4) is 0 Å². The molecule has 2 fully saturated rings. The van der Waals surface area contributed by atoms with E-state index < -0.39 is 0 Å². The first-order valence-electron chi connectivity index (χ1n) is 5.35. The number of rotatable bonds is 2. The molecule has 1 aliphatic heterocycles. The number of piperidine rings is 1. The number of methoxy groups -OCH3 is 1. The lowest BCUT2D eigenvalue weighted by Crippen LogP contribution is -2.26. The zero-order valence-corrected chi connectivity index (χ0v) is 8.72. The fourth-order valence-electron chi connectivity index (χ4n) is 2.82. The minimum Gasteiger partial charge on any atom is -0.496 e. The highest BCUT2D eigenvalue weighted by Gasteiger charge is 2.59. The molecule has 0 aromatic heterocycles. The normalized spacial score (nSPS) is 32.5. The van der Waals surface area contributed by atoms with Gasteiger partial charge in [-0.3, -0.25) is 0 Å². The van der Waals surface area contributed by atoms with Gasteiger partial charge >= 0.3 is 0 Å². The molecule has 80 valence electrons. The van der Waals surface area contributed by atoms with E-state index >= 15 is 0 Å². The van der Waals surface area contributed by atoms with Crippen LogP contribution < -0.4 is 10.1 Å². The smallest absolute Gasteiger partial charge is 0.124 e. The summed E-state index contributed by atoms with van der Waals surface area (Å²) < 4.78 is 18.5. The van der Waals surface area contributed by atoms with E-state index in [0.717, 1.165) is 24.3 Å². The number of fused-ring (bicyclic) bond motifs is 1. The third-order valence-corrected chi connectivity index (χ3v) is 3.68. The largest absolute Gasteiger partial charge is 0.496 e. The van der Waals surface area contributed by atoms with Gasteiger partial charge < -0.3 is 10.1 Å². The fraction of sp³-hybridized carbons (Fsp3) is 0.500. The second-order valence-corrected chi connectivity index (χ2v) is 4.43. The predicted molar refractivity (Wildman–Crippen MR) is 55.4 cm³/mol. The van der Waals surface area contributed by atoms with Gasteiger partial charge in [0.1, 0.15) is 11.6 Å². The predicted octanol–water partition coefficient (Wildman–Crippen LogP) is 2.04. The minimum atomic E-state index is -0.181. The quantitative estimate of drug-likeness (QED) is 0.801. The molecule has 1 saturated heterocycles. The third-order valence-electron chi connectivity index (χ3n) is 3.68. The summed E-state index contributed by atoms with van der Waals surface area (Å²) >= 11 is 0. The maximum atomic E-state index is 13.2. The van der Waals surface area contributed by atoms with E-state index in [2.05, 4.69) is 5.32 Å². The van der Waals surface area contributed by atoms with Gasteiger partial charge in [0.2, 0.25) is 0 Å². The molecule has 1 aromatic carbocycles. The van der Waals surface area contributed by atoms with Gasteiger partial charge in [0, 0.05) is 5.56 Å². The van der Waals surface area contributed by atoms with Crippen LogP contribution in [0.1, 0.15) is 18.4 Å². The van der Waals surface area contributed by atoms with Crippen molar-refractivity contribution >= 4 is 0 Å². The first kappa shape index (κ1) is 9.16. The molecule has 0 unspecified atom stereocenters. The van der Waals surface area contributed by atoms with E-state index in [9.17, 15) is 4.39 Å². The van der Waals surface area contributed by atoms with Crippen molar-refractivity contribution < 1.29 is 9.13 Å². The molecule has 0 bridgehead atoms. The summed E-state index contributed by atoms with van der Waals surface area (Å²) in [7, 11) is 1.64. The molecule has 15 heavy (non-hydrogen) atoms. The molecule has 2 nitrogen and oxygen atoms in total. The number of nitrogens with one attached hydrogen (secondary N) is 1. The number of benzene rings is 1. The zero-order chi connectivity index (χ0) is 10.5. The second-order valence-electron chi connectivity index (χ2n) is 4.43. The van der Waals surface area contributed by atoms with Crippen LogP contribution in [0.5, 0.6) is 5.75 Å².